The van der Waals surface area contributed by atoms with Crippen LogP contribution in [0.25, 0.3) is 0 Å². The van der Waals surface area contributed by atoms with E-state index in [-0.39, 0.29) is 0 Å². The first-order valence-corrected chi connectivity index (χ1v) is 5.56. The van der Waals surface area contributed by atoms with Crippen molar-refractivity contribution in [3.05, 3.63) is 58.1 Å². The number of nitrogens with zero attached hydrogens (tertiary/aromatic N) is 2. The van der Waals surface area contributed by atoms with Gasteiger partial charge < -0.3 is 0 Å². The zero-order valence-electron chi connectivity index (χ0n) is 9.37. The lowest BCUT2D eigenvalue weighted by Crippen LogP contribution is -2.00. The minimum Gasteiger partial charge on any atom is -0.258 e. The van der Waals surface area contributed by atoms with Crippen LogP contribution >= 0.6 is 11.6 Å². The molecule has 1 aromatic heterocycles. The maximum atomic E-state index is 5.95. The van der Waals surface area contributed by atoms with Crippen LogP contribution in [0.2, 0.25) is 5.02 Å². The number of rotatable bonds is 2. The first-order chi connectivity index (χ1) is 7.65. The van der Waals surface area contributed by atoms with Gasteiger partial charge in [0, 0.05) is 17.6 Å². The Morgan fingerprint density at radius 1 is 1.25 bits per heavy atom. The first-order valence-electron chi connectivity index (χ1n) is 5.19. The molecule has 0 saturated heterocycles. The highest BCUT2D eigenvalue weighted by atomic mass is 35.5. The summed E-state index contributed by atoms with van der Waals surface area (Å²) in [5.74, 6) is 0. The molecular formula is C13H13ClN2. The lowest BCUT2D eigenvalue weighted by molar-refractivity contribution is 0.951. The molecule has 0 aliphatic rings. The fourth-order valence-corrected chi connectivity index (χ4v) is 1.81. The molecule has 0 amide bonds. The molecule has 2 nitrogen and oxygen atoms in total. The molecule has 2 rings (SSSR count). The Morgan fingerprint density at radius 2 is 2.06 bits per heavy atom. The molecule has 0 aliphatic carbocycles. The molecule has 0 atom stereocenters. The smallest absolute Gasteiger partial charge is 0.0662 e. The van der Waals surface area contributed by atoms with Crippen LogP contribution in [-0.2, 0) is 6.42 Å². The van der Waals surface area contributed by atoms with Crippen molar-refractivity contribution in [3.8, 4) is 0 Å². The number of hydrogen-bond acceptors (Lipinski definition) is 2. The molecule has 0 N–H and O–H groups in total. The minimum atomic E-state index is 0.760. The van der Waals surface area contributed by atoms with Crippen LogP contribution in [0.15, 0.2) is 30.5 Å². The van der Waals surface area contributed by atoms with Crippen LogP contribution in [0.3, 0.4) is 0 Å². The molecule has 0 fully saturated rings. The fraction of sp³-hybridized carbons (Fsp3) is 0.231. The van der Waals surface area contributed by atoms with E-state index in [1.54, 1.807) is 6.20 Å². The summed E-state index contributed by atoms with van der Waals surface area (Å²) in [6.07, 6.45) is 2.57. The fourth-order valence-electron chi connectivity index (χ4n) is 1.60. The van der Waals surface area contributed by atoms with E-state index in [1.807, 2.05) is 32.0 Å². The lowest BCUT2D eigenvalue weighted by atomic mass is 10.1. The molecule has 0 aliphatic heterocycles. The Kier molecular flexibility index (Phi) is 3.20. The molecular weight excluding hydrogens is 220 g/mol. The topological polar surface area (TPSA) is 25.8 Å². The summed E-state index contributed by atoms with van der Waals surface area (Å²) in [6.45, 7) is 3.93. The Bertz CT molecular complexity index is 509. The molecule has 0 saturated carbocycles. The third kappa shape index (κ3) is 2.58. The predicted octanol–water partition coefficient (Wildman–Crippen LogP) is 3.34. The Hall–Kier alpha value is -1.41. The van der Waals surface area contributed by atoms with Gasteiger partial charge in [-0.3, -0.25) is 9.97 Å². The maximum Gasteiger partial charge on any atom is 0.0662 e. The van der Waals surface area contributed by atoms with Crippen LogP contribution in [0.4, 0.5) is 0 Å². The number of halogens is 1. The molecule has 2 aromatic rings. The van der Waals surface area contributed by atoms with Crippen molar-refractivity contribution < 1.29 is 0 Å². The molecule has 16 heavy (non-hydrogen) atoms. The van der Waals surface area contributed by atoms with Gasteiger partial charge in [-0.15, -0.1) is 0 Å². The van der Waals surface area contributed by atoms with Gasteiger partial charge in [-0.05, 0) is 31.5 Å². The highest BCUT2D eigenvalue weighted by molar-refractivity contribution is 6.30. The van der Waals surface area contributed by atoms with Crippen molar-refractivity contribution in [2.24, 2.45) is 0 Å². The molecule has 0 radical (unpaired) electrons. The monoisotopic (exact) mass is 232 g/mol. The van der Waals surface area contributed by atoms with Crippen LogP contribution < -0.4 is 0 Å². The van der Waals surface area contributed by atoms with E-state index >= 15 is 0 Å². The summed E-state index contributed by atoms with van der Waals surface area (Å²) >= 11 is 5.95. The van der Waals surface area contributed by atoms with Crippen molar-refractivity contribution in [2.45, 2.75) is 20.3 Å². The summed E-state index contributed by atoms with van der Waals surface area (Å²) < 4.78 is 0. The minimum absolute atomic E-state index is 0.760. The maximum absolute atomic E-state index is 5.95. The van der Waals surface area contributed by atoms with Crippen molar-refractivity contribution in [3.63, 3.8) is 0 Å². The number of benzene rings is 1. The van der Waals surface area contributed by atoms with Gasteiger partial charge in [-0.1, -0.05) is 23.7 Å². The van der Waals surface area contributed by atoms with E-state index in [0.717, 1.165) is 34.1 Å². The zero-order chi connectivity index (χ0) is 11.5. The van der Waals surface area contributed by atoms with Gasteiger partial charge >= 0.3 is 0 Å². The van der Waals surface area contributed by atoms with E-state index in [2.05, 4.69) is 16.0 Å². The second kappa shape index (κ2) is 4.62. The van der Waals surface area contributed by atoms with Crippen LogP contribution in [0.5, 0.6) is 0 Å². The highest BCUT2D eigenvalue weighted by Gasteiger charge is 2.03. The quantitative estimate of drug-likeness (QED) is 0.794. The van der Waals surface area contributed by atoms with Crippen molar-refractivity contribution >= 4 is 11.6 Å². The molecule has 0 unspecified atom stereocenters. The van der Waals surface area contributed by atoms with Gasteiger partial charge in [0.25, 0.3) is 0 Å². The number of aromatic nitrogens is 2. The third-order valence-electron chi connectivity index (χ3n) is 2.43. The molecule has 1 heterocycles. The summed E-state index contributed by atoms with van der Waals surface area (Å²) in [5.41, 5.74) is 4.10. The first kappa shape index (κ1) is 11.1. The van der Waals surface area contributed by atoms with Gasteiger partial charge in [0.1, 0.15) is 0 Å². The van der Waals surface area contributed by atoms with Gasteiger partial charge in [-0.2, -0.15) is 0 Å². The molecule has 0 bridgehead atoms. The molecule has 0 spiro atoms. The van der Waals surface area contributed by atoms with E-state index in [1.165, 1.54) is 0 Å². The largest absolute Gasteiger partial charge is 0.258 e. The lowest BCUT2D eigenvalue weighted by Gasteiger charge is -2.05. The molecule has 3 heteroatoms. The van der Waals surface area contributed by atoms with Gasteiger partial charge in [-0.25, -0.2) is 0 Å². The molecule has 82 valence electrons. The van der Waals surface area contributed by atoms with Crippen LogP contribution in [0.1, 0.15) is 22.6 Å². The summed E-state index contributed by atoms with van der Waals surface area (Å²) in [7, 11) is 0. The van der Waals surface area contributed by atoms with E-state index in [4.69, 9.17) is 11.6 Å². The normalized spacial score (nSPS) is 10.4. The number of aryl methyl sites for hydroxylation is 2. The Balaban J connectivity index is 2.30. The zero-order valence-corrected chi connectivity index (χ0v) is 10.1. The second-order valence-electron chi connectivity index (χ2n) is 3.85. The second-order valence-corrected chi connectivity index (χ2v) is 4.29. The number of hydrogen-bond donors (Lipinski definition) is 0. The van der Waals surface area contributed by atoms with E-state index in [0.29, 0.717) is 0 Å². The SMILES string of the molecule is Cc1cnc(C)c(Cc2cccc(Cl)c2)n1. The summed E-state index contributed by atoms with van der Waals surface area (Å²) in [5, 5.41) is 0.760. The third-order valence-corrected chi connectivity index (χ3v) is 2.67. The van der Waals surface area contributed by atoms with Gasteiger partial charge in [0.2, 0.25) is 0 Å². The predicted molar refractivity (Wildman–Crippen MR) is 65.8 cm³/mol. The van der Waals surface area contributed by atoms with E-state index < -0.39 is 0 Å². The summed E-state index contributed by atoms with van der Waals surface area (Å²) in [6, 6.07) is 7.84. The van der Waals surface area contributed by atoms with E-state index in [9.17, 15) is 0 Å². The summed E-state index contributed by atoms with van der Waals surface area (Å²) in [4.78, 5) is 8.79. The average molecular weight is 233 g/mol. The average Bonchev–Trinajstić information content (AvgIpc) is 2.24. The molecule has 1 aromatic carbocycles. The van der Waals surface area contributed by atoms with Crippen molar-refractivity contribution in [1.29, 1.82) is 0 Å². The standard InChI is InChI=1S/C13H13ClN2/c1-9-8-15-10(2)13(16-9)7-11-4-3-5-12(14)6-11/h3-6,8H,7H2,1-2H3. The highest BCUT2D eigenvalue weighted by Crippen LogP contribution is 2.15. The van der Waals surface area contributed by atoms with Crippen molar-refractivity contribution in [1.82, 2.24) is 9.97 Å². The Morgan fingerprint density at radius 3 is 2.81 bits per heavy atom. The van der Waals surface area contributed by atoms with Crippen molar-refractivity contribution in [2.75, 3.05) is 0 Å². The van der Waals surface area contributed by atoms with Crippen LogP contribution in [-0.4, -0.2) is 9.97 Å². The van der Waals surface area contributed by atoms with Crippen LogP contribution in [0, 0.1) is 13.8 Å². The van der Waals surface area contributed by atoms with Gasteiger partial charge in [0.05, 0.1) is 17.1 Å². The Labute approximate surface area is 100 Å². The van der Waals surface area contributed by atoms with Gasteiger partial charge in [0.15, 0.2) is 0 Å².